The van der Waals surface area contributed by atoms with E-state index < -0.39 is 0 Å². The Morgan fingerprint density at radius 3 is 2.42 bits per heavy atom. The third-order valence-electron chi connectivity index (χ3n) is 5.90. The quantitative estimate of drug-likeness (QED) is 0.294. The first-order valence-corrected chi connectivity index (χ1v) is 11.8. The Balaban J connectivity index is 1.47. The molecule has 1 amide bonds. The number of ether oxygens (including phenoxy) is 3. The van der Waals surface area contributed by atoms with Crippen molar-refractivity contribution in [2.24, 2.45) is 0 Å². The van der Waals surface area contributed by atoms with Gasteiger partial charge in [0.2, 0.25) is 5.75 Å². The number of nitrogens with one attached hydrogen (secondary N) is 1. The number of aromatic nitrogens is 2. The third-order valence-corrected chi connectivity index (χ3v) is 6.26. The second-order valence-corrected chi connectivity index (χ2v) is 8.48. The van der Waals surface area contributed by atoms with Crippen LogP contribution >= 0.6 is 11.6 Å². The molecular weight excluding hydrogens is 485 g/mol. The maximum atomic E-state index is 14.5. The molecule has 1 heterocycles. The van der Waals surface area contributed by atoms with Gasteiger partial charge in [0, 0.05) is 29.1 Å². The molecule has 7 nitrogen and oxygen atoms in total. The number of rotatable bonds is 10. The normalized spacial score (nSPS) is 10.9. The van der Waals surface area contributed by atoms with Gasteiger partial charge in [0.15, 0.2) is 11.5 Å². The molecule has 0 aliphatic rings. The average Bonchev–Trinajstić information content (AvgIpc) is 3.24. The first-order valence-electron chi connectivity index (χ1n) is 11.4. The molecule has 0 aliphatic carbocycles. The Morgan fingerprint density at radius 1 is 1.03 bits per heavy atom. The number of nitrogens with zero attached hydrogens (tertiary/aromatic N) is 2. The van der Waals surface area contributed by atoms with Gasteiger partial charge >= 0.3 is 0 Å². The van der Waals surface area contributed by atoms with E-state index in [-0.39, 0.29) is 18.3 Å². The van der Waals surface area contributed by atoms with Gasteiger partial charge in [-0.2, -0.15) is 0 Å². The number of imidazole rings is 1. The van der Waals surface area contributed by atoms with Gasteiger partial charge in [-0.15, -0.1) is 0 Å². The van der Waals surface area contributed by atoms with E-state index in [4.69, 9.17) is 30.8 Å². The Hall–Kier alpha value is -3.78. The molecule has 1 N–H and O–H groups in total. The molecule has 0 radical (unpaired) electrons. The number of fused-ring (bicyclic) bond motifs is 1. The standard InChI is InChI=1S/C27H27ClFN3O4/c1-34-23-14-17(15-24(35-2)26(23)36-3)27(33)30-13-7-12-25-31-21-10-4-5-11-22(21)32(25)16-18-19(28)8-6-9-20(18)29/h4-6,8-11,14-15H,7,12-13,16H2,1-3H3,(H,30,33). The summed E-state index contributed by atoms with van der Waals surface area (Å²) in [5.41, 5.74) is 2.53. The van der Waals surface area contributed by atoms with Crippen molar-refractivity contribution >= 4 is 28.5 Å². The lowest BCUT2D eigenvalue weighted by Crippen LogP contribution is -2.25. The molecule has 0 saturated heterocycles. The van der Waals surface area contributed by atoms with Crippen molar-refractivity contribution in [3.8, 4) is 17.2 Å². The fourth-order valence-electron chi connectivity index (χ4n) is 4.10. The smallest absolute Gasteiger partial charge is 0.251 e. The zero-order valence-corrected chi connectivity index (χ0v) is 21.1. The van der Waals surface area contributed by atoms with Gasteiger partial charge in [-0.05, 0) is 42.8 Å². The van der Waals surface area contributed by atoms with Gasteiger partial charge in [-0.25, -0.2) is 9.37 Å². The first-order chi connectivity index (χ1) is 17.5. The van der Waals surface area contributed by atoms with E-state index in [0.717, 1.165) is 16.9 Å². The molecule has 0 spiro atoms. The molecule has 0 atom stereocenters. The molecule has 0 bridgehead atoms. The van der Waals surface area contributed by atoms with Gasteiger partial charge in [0.05, 0.1) is 38.9 Å². The number of hydrogen-bond acceptors (Lipinski definition) is 5. The highest BCUT2D eigenvalue weighted by molar-refractivity contribution is 6.31. The number of aryl methyl sites for hydroxylation is 1. The monoisotopic (exact) mass is 511 g/mol. The lowest BCUT2D eigenvalue weighted by Gasteiger charge is -2.14. The second-order valence-electron chi connectivity index (χ2n) is 8.08. The van der Waals surface area contributed by atoms with Crippen LogP contribution < -0.4 is 19.5 Å². The Bertz CT molecular complexity index is 1340. The second kappa shape index (κ2) is 11.3. The maximum Gasteiger partial charge on any atom is 0.251 e. The summed E-state index contributed by atoms with van der Waals surface area (Å²) in [6.45, 7) is 0.679. The number of halogens is 2. The summed E-state index contributed by atoms with van der Waals surface area (Å²) < 4.78 is 32.4. The van der Waals surface area contributed by atoms with Gasteiger partial charge in [0.25, 0.3) is 5.91 Å². The van der Waals surface area contributed by atoms with Crippen molar-refractivity contribution in [1.82, 2.24) is 14.9 Å². The lowest BCUT2D eigenvalue weighted by atomic mass is 10.1. The van der Waals surface area contributed by atoms with Crippen LogP contribution in [-0.2, 0) is 13.0 Å². The van der Waals surface area contributed by atoms with Crippen molar-refractivity contribution in [2.45, 2.75) is 19.4 Å². The minimum atomic E-state index is -0.358. The SMILES string of the molecule is COc1cc(C(=O)NCCCc2nc3ccccc3n2Cc2c(F)cccc2Cl)cc(OC)c1OC. The van der Waals surface area contributed by atoms with E-state index in [9.17, 15) is 9.18 Å². The number of amides is 1. The van der Waals surface area contributed by atoms with Gasteiger partial charge < -0.3 is 24.1 Å². The van der Waals surface area contributed by atoms with Crippen LogP contribution in [0.2, 0.25) is 5.02 Å². The zero-order chi connectivity index (χ0) is 25.7. The van der Waals surface area contributed by atoms with Crippen LogP contribution in [0.3, 0.4) is 0 Å². The summed E-state index contributed by atoms with van der Waals surface area (Å²) in [5.74, 6) is 1.40. The van der Waals surface area contributed by atoms with Gasteiger partial charge in [-0.3, -0.25) is 4.79 Å². The summed E-state index contributed by atoms with van der Waals surface area (Å²) in [6, 6.07) is 15.6. The summed E-state index contributed by atoms with van der Waals surface area (Å²) in [6.07, 6.45) is 1.21. The molecule has 0 unspecified atom stereocenters. The lowest BCUT2D eigenvalue weighted by molar-refractivity contribution is 0.0952. The van der Waals surface area contributed by atoms with Crippen LogP contribution in [0, 0.1) is 5.82 Å². The Labute approximate surface area is 213 Å². The molecule has 4 aromatic rings. The summed E-state index contributed by atoms with van der Waals surface area (Å²) >= 11 is 6.29. The predicted molar refractivity (Wildman–Crippen MR) is 137 cm³/mol. The Kier molecular flexibility index (Phi) is 7.95. The minimum absolute atomic E-state index is 0.263. The topological polar surface area (TPSA) is 74.6 Å². The highest BCUT2D eigenvalue weighted by Crippen LogP contribution is 2.38. The number of carbonyl (C=O) groups excluding carboxylic acids is 1. The van der Waals surface area contributed by atoms with Crippen LogP contribution in [0.15, 0.2) is 54.6 Å². The number of para-hydroxylation sites is 2. The van der Waals surface area contributed by atoms with E-state index in [0.29, 0.717) is 52.8 Å². The molecule has 1 aromatic heterocycles. The van der Waals surface area contributed by atoms with Crippen molar-refractivity contribution < 1.29 is 23.4 Å². The van der Waals surface area contributed by atoms with E-state index >= 15 is 0 Å². The predicted octanol–water partition coefficient (Wildman–Crippen LogP) is 5.27. The van der Waals surface area contributed by atoms with E-state index in [1.54, 1.807) is 24.3 Å². The molecule has 3 aromatic carbocycles. The number of hydrogen-bond donors (Lipinski definition) is 1. The van der Waals surface area contributed by atoms with Crippen LogP contribution in [-0.4, -0.2) is 43.3 Å². The molecule has 4 rings (SSSR count). The molecule has 0 aliphatic heterocycles. The largest absolute Gasteiger partial charge is 0.493 e. The van der Waals surface area contributed by atoms with Crippen LogP contribution in [0.1, 0.15) is 28.2 Å². The first kappa shape index (κ1) is 25.3. The summed E-state index contributed by atoms with van der Waals surface area (Å²) in [4.78, 5) is 17.5. The number of methoxy groups -OCH3 is 3. The van der Waals surface area contributed by atoms with Crippen LogP contribution in [0.25, 0.3) is 11.0 Å². The number of carbonyl (C=O) groups is 1. The molecule has 36 heavy (non-hydrogen) atoms. The third kappa shape index (κ3) is 5.23. The minimum Gasteiger partial charge on any atom is -0.493 e. The van der Waals surface area contributed by atoms with Crippen LogP contribution in [0.5, 0.6) is 17.2 Å². The van der Waals surface area contributed by atoms with E-state index in [1.165, 1.54) is 27.4 Å². The van der Waals surface area contributed by atoms with Crippen molar-refractivity contribution in [2.75, 3.05) is 27.9 Å². The van der Waals surface area contributed by atoms with Gasteiger partial charge in [-0.1, -0.05) is 29.8 Å². The fourth-order valence-corrected chi connectivity index (χ4v) is 4.32. The molecule has 9 heteroatoms. The molecule has 0 fully saturated rings. The van der Waals surface area contributed by atoms with Crippen molar-refractivity contribution in [3.05, 3.63) is 82.4 Å². The highest BCUT2D eigenvalue weighted by Gasteiger charge is 2.18. The fraction of sp³-hybridized carbons (Fsp3) is 0.259. The average molecular weight is 512 g/mol. The molecule has 0 saturated carbocycles. The maximum absolute atomic E-state index is 14.5. The van der Waals surface area contributed by atoms with Crippen LogP contribution in [0.4, 0.5) is 4.39 Å². The van der Waals surface area contributed by atoms with Crippen molar-refractivity contribution in [3.63, 3.8) is 0 Å². The van der Waals surface area contributed by atoms with E-state index in [1.807, 2.05) is 28.8 Å². The molecular formula is C27H27ClFN3O4. The number of benzene rings is 3. The zero-order valence-electron chi connectivity index (χ0n) is 20.3. The Morgan fingerprint density at radius 2 is 1.75 bits per heavy atom. The van der Waals surface area contributed by atoms with Crippen molar-refractivity contribution in [1.29, 1.82) is 0 Å². The highest BCUT2D eigenvalue weighted by atomic mass is 35.5. The molecule has 188 valence electrons. The van der Waals surface area contributed by atoms with Gasteiger partial charge in [0.1, 0.15) is 11.6 Å². The summed E-state index contributed by atoms with van der Waals surface area (Å²) in [7, 11) is 4.51. The summed E-state index contributed by atoms with van der Waals surface area (Å²) in [5, 5.41) is 3.29. The van der Waals surface area contributed by atoms with E-state index in [2.05, 4.69) is 5.32 Å².